The molecule has 0 saturated heterocycles. The lowest BCUT2D eigenvalue weighted by Crippen LogP contribution is -2.13. The monoisotopic (exact) mass is 262 g/mol. The van der Waals surface area contributed by atoms with E-state index in [0.717, 1.165) is 5.56 Å². The van der Waals surface area contributed by atoms with Crippen molar-refractivity contribution in [3.8, 4) is 11.4 Å². The molecule has 0 unspecified atom stereocenters. The highest BCUT2D eigenvalue weighted by Gasteiger charge is 2.12. The molecule has 7 nitrogen and oxygen atoms in total. The zero-order chi connectivity index (χ0) is 13.8. The van der Waals surface area contributed by atoms with Crippen LogP contribution in [-0.2, 0) is 11.3 Å². The fourth-order valence-corrected chi connectivity index (χ4v) is 1.71. The molecule has 7 heteroatoms. The Bertz CT molecular complexity index is 551. The van der Waals surface area contributed by atoms with Crippen LogP contribution in [0.25, 0.3) is 11.4 Å². The summed E-state index contributed by atoms with van der Waals surface area (Å²) in [5.41, 5.74) is 13.6. The minimum Gasteiger partial charge on any atom is -0.399 e. The number of nitrogens with zero attached hydrogens (tertiary/aromatic N) is 4. The van der Waals surface area contributed by atoms with Gasteiger partial charge in [-0.2, -0.15) is 0 Å². The number of tetrazole rings is 1. The summed E-state index contributed by atoms with van der Waals surface area (Å²) in [4.78, 5) is 0. The van der Waals surface area contributed by atoms with E-state index in [9.17, 15) is 0 Å². The van der Waals surface area contributed by atoms with Crippen molar-refractivity contribution in [1.82, 2.24) is 20.2 Å². The number of hydrogen-bond acceptors (Lipinski definition) is 6. The van der Waals surface area contributed by atoms with Gasteiger partial charge in [-0.25, -0.2) is 4.68 Å². The van der Waals surface area contributed by atoms with Gasteiger partial charge >= 0.3 is 0 Å². The van der Waals surface area contributed by atoms with Crippen LogP contribution in [0.5, 0.6) is 0 Å². The zero-order valence-electron chi connectivity index (χ0n) is 11.1. The molecule has 1 aromatic carbocycles. The predicted octanol–water partition coefficient (Wildman–Crippen LogP) is 0.929. The number of ether oxygens (including phenoxy) is 1. The second-order valence-electron chi connectivity index (χ2n) is 4.49. The van der Waals surface area contributed by atoms with Crippen LogP contribution < -0.4 is 11.5 Å². The van der Waals surface area contributed by atoms with E-state index in [1.54, 1.807) is 16.8 Å². The predicted molar refractivity (Wildman–Crippen MR) is 73.2 cm³/mol. The van der Waals surface area contributed by atoms with Crippen LogP contribution in [-0.4, -0.2) is 32.9 Å². The molecule has 2 aromatic rings. The van der Waals surface area contributed by atoms with Crippen molar-refractivity contribution in [1.29, 1.82) is 0 Å². The molecule has 0 aliphatic heterocycles. The van der Waals surface area contributed by atoms with Gasteiger partial charge in [0.15, 0.2) is 5.82 Å². The first-order valence-electron chi connectivity index (χ1n) is 6.11. The number of hydrogen-bond donors (Lipinski definition) is 2. The summed E-state index contributed by atoms with van der Waals surface area (Å²) in [5.74, 6) is 0.616. The van der Waals surface area contributed by atoms with Gasteiger partial charge in [0.25, 0.3) is 0 Å². The third-order valence-electron chi connectivity index (χ3n) is 2.60. The Balaban J connectivity index is 2.19. The highest BCUT2D eigenvalue weighted by atomic mass is 16.5. The van der Waals surface area contributed by atoms with Crippen molar-refractivity contribution >= 4 is 11.4 Å². The van der Waals surface area contributed by atoms with Gasteiger partial charge in [0, 0.05) is 16.9 Å². The number of nitrogen functional groups attached to an aromatic ring is 2. The van der Waals surface area contributed by atoms with E-state index in [4.69, 9.17) is 16.2 Å². The Kier molecular flexibility index (Phi) is 3.96. The maximum absolute atomic E-state index is 5.94. The van der Waals surface area contributed by atoms with Crippen molar-refractivity contribution in [3.05, 3.63) is 18.2 Å². The molecule has 0 atom stereocenters. The Labute approximate surface area is 111 Å². The third kappa shape index (κ3) is 3.19. The number of aromatic nitrogens is 4. The van der Waals surface area contributed by atoms with E-state index in [1.165, 1.54) is 0 Å². The molecule has 19 heavy (non-hydrogen) atoms. The van der Waals surface area contributed by atoms with Crippen LogP contribution >= 0.6 is 0 Å². The second-order valence-corrected chi connectivity index (χ2v) is 4.49. The first-order valence-corrected chi connectivity index (χ1v) is 6.11. The maximum atomic E-state index is 5.94. The molecule has 0 bridgehead atoms. The van der Waals surface area contributed by atoms with Crippen molar-refractivity contribution < 1.29 is 4.74 Å². The highest BCUT2D eigenvalue weighted by molar-refractivity contribution is 5.74. The topological polar surface area (TPSA) is 105 Å². The van der Waals surface area contributed by atoms with Gasteiger partial charge in [-0.1, -0.05) is 0 Å². The molecular formula is C12H18N6O. The van der Waals surface area contributed by atoms with Crippen LogP contribution in [0.15, 0.2) is 18.2 Å². The molecule has 2 rings (SSSR count). The van der Waals surface area contributed by atoms with E-state index in [1.807, 2.05) is 19.9 Å². The summed E-state index contributed by atoms with van der Waals surface area (Å²) in [6.07, 6.45) is 0.182. The van der Waals surface area contributed by atoms with Gasteiger partial charge in [0.05, 0.1) is 19.3 Å². The minimum atomic E-state index is 0.182. The molecule has 0 aliphatic rings. The van der Waals surface area contributed by atoms with E-state index < -0.39 is 0 Å². The summed E-state index contributed by atoms with van der Waals surface area (Å²) < 4.78 is 7.16. The fraction of sp³-hybridized carbons (Fsp3) is 0.417. The van der Waals surface area contributed by atoms with Gasteiger partial charge in [-0.15, -0.1) is 5.10 Å². The van der Waals surface area contributed by atoms with E-state index >= 15 is 0 Å². The van der Waals surface area contributed by atoms with Crippen LogP contribution in [0.1, 0.15) is 13.8 Å². The van der Waals surface area contributed by atoms with Gasteiger partial charge in [0.2, 0.25) is 0 Å². The summed E-state index contributed by atoms with van der Waals surface area (Å²) in [6, 6.07) is 5.28. The Morgan fingerprint density at radius 1 is 1.32 bits per heavy atom. The minimum absolute atomic E-state index is 0.182. The Morgan fingerprint density at radius 3 is 2.79 bits per heavy atom. The molecule has 0 amide bonds. The van der Waals surface area contributed by atoms with Crippen molar-refractivity contribution in [2.45, 2.75) is 26.5 Å². The molecule has 4 N–H and O–H groups in total. The SMILES string of the molecule is CC(C)OCCn1nnnc1-c1ccc(N)cc1N. The number of anilines is 2. The largest absolute Gasteiger partial charge is 0.399 e. The Morgan fingerprint density at radius 2 is 2.11 bits per heavy atom. The summed E-state index contributed by atoms with van der Waals surface area (Å²) in [5, 5.41) is 11.6. The molecule has 0 fully saturated rings. The van der Waals surface area contributed by atoms with Crippen molar-refractivity contribution in [2.75, 3.05) is 18.1 Å². The average molecular weight is 262 g/mol. The smallest absolute Gasteiger partial charge is 0.184 e. The molecule has 0 saturated carbocycles. The first-order chi connectivity index (χ1) is 9.08. The number of rotatable bonds is 5. The number of nitrogens with two attached hydrogens (primary N) is 2. The molecule has 1 aromatic heterocycles. The van der Waals surface area contributed by atoms with E-state index in [0.29, 0.717) is 30.4 Å². The van der Waals surface area contributed by atoms with Gasteiger partial charge in [-0.05, 0) is 42.5 Å². The van der Waals surface area contributed by atoms with Crippen LogP contribution in [0, 0.1) is 0 Å². The standard InChI is InChI=1S/C12H18N6O/c1-8(2)19-6-5-18-12(15-16-17-18)10-4-3-9(13)7-11(10)14/h3-4,7-8H,5-6,13-14H2,1-2H3. The van der Waals surface area contributed by atoms with Crippen LogP contribution in [0.4, 0.5) is 11.4 Å². The molecular weight excluding hydrogens is 244 g/mol. The molecule has 1 heterocycles. The Hall–Kier alpha value is -2.15. The van der Waals surface area contributed by atoms with Gasteiger partial charge < -0.3 is 16.2 Å². The molecule has 0 spiro atoms. The summed E-state index contributed by atoms with van der Waals surface area (Å²) >= 11 is 0. The van der Waals surface area contributed by atoms with Crippen LogP contribution in [0.2, 0.25) is 0 Å². The highest BCUT2D eigenvalue weighted by Crippen LogP contribution is 2.25. The maximum Gasteiger partial charge on any atom is 0.184 e. The second kappa shape index (κ2) is 5.66. The molecule has 0 aliphatic carbocycles. The summed E-state index contributed by atoms with van der Waals surface area (Å²) in [6.45, 7) is 5.09. The lowest BCUT2D eigenvalue weighted by molar-refractivity contribution is 0.0709. The van der Waals surface area contributed by atoms with E-state index in [2.05, 4.69) is 15.5 Å². The molecule has 102 valence electrons. The van der Waals surface area contributed by atoms with Gasteiger partial charge in [0.1, 0.15) is 0 Å². The molecule has 0 radical (unpaired) electrons. The first kappa shape index (κ1) is 13.3. The number of benzene rings is 1. The third-order valence-corrected chi connectivity index (χ3v) is 2.60. The quantitative estimate of drug-likeness (QED) is 0.777. The fourth-order valence-electron chi connectivity index (χ4n) is 1.71. The van der Waals surface area contributed by atoms with Crippen molar-refractivity contribution in [2.24, 2.45) is 0 Å². The van der Waals surface area contributed by atoms with Crippen LogP contribution in [0.3, 0.4) is 0 Å². The lowest BCUT2D eigenvalue weighted by Gasteiger charge is -2.09. The summed E-state index contributed by atoms with van der Waals surface area (Å²) in [7, 11) is 0. The normalized spacial score (nSPS) is 11.1. The average Bonchev–Trinajstić information content (AvgIpc) is 2.77. The van der Waals surface area contributed by atoms with Gasteiger partial charge in [-0.3, -0.25) is 0 Å². The lowest BCUT2D eigenvalue weighted by atomic mass is 10.1. The zero-order valence-corrected chi connectivity index (χ0v) is 11.1. The van der Waals surface area contributed by atoms with E-state index in [-0.39, 0.29) is 6.10 Å². The van der Waals surface area contributed by atoms with Crippen molar-refractivity contribution in [3.63, 3.8) is 0 Å².